The molecular formula is C12H17N3O2. The van der Waals surface area contributed by atoms with Crippen molar-refractivity contribution < 1.29 is 9.47 Å². The van der Waals surface area contributed by atoms with Crippen LogP contribution in [0.15, 0.2) is 23.2 Å². The summed E-state index contributed by atoms with van der Waals surface area (Å²) in [5, 5.41) is 3.22. The molecule has 0 bridgehead atoms. The summed E-state index contributed by atoms with van der Waals surface area (Å²) in [5.74, 6) is 2.33. The first-order valence-electron chi connectivity index (χ1n) is 5.50. The molecule has 0 atom stereocenters. The van der Waals surface area contributed by atoms with E-state index in [0.717, 1.165) is 36.2 Å². The van der Waals surface area contributed by atoms with E-state index >= 15 is 0 Å². The third-order valence-electron chi connectivity index (χ3n) is 2.73. The van der Waals surface area contributed by atoms with E-state index in [-0.39, 0.29) is 0 Å². The largest absolute Gasteiger partial charge is 0.493 e. The molecule has 0 spiro atoms. The number of ether oxygens (including phenoxy) is 2. The Labute approximate surface area is 101 Å². The number of nitrogens with zero attached hydrogens (tertiary/aromatic N) is 2. The average Bonchev–Trinajstić information content (AvgIpc) is 2.90. The van der Waals surface area contributed by atoms with Gasteiger partial charge in [0.15, 0.2) is 17.5 Å². The number of benzene rings is 1. The van der Waals surface area contributed by atoms with Crippen molar-refractivity contribution in [1.29, 1.82) is 0 Å². The number of anilines is 1. The molecule has 1 aliphatic rings. The zero-order chi connectivity index (χ0) is 12.3. The van der Waals surface area contributed by atoms with E-state index in [1.165, 1.54) is 0 Å². The van der Waals surface area contributed by atoms with E-state index < -0.39 is 0 Å². The summed E-state index contributed by atoms with van der Waals surface area (Å²) < 4.78 is 10.5. The van der Waals surface area contributed by atoms with E-state index in [1.807, 2.05) is 30.1 Å². The van der Waals surface area contributed by atoms with Crippen LogP contribution in [0.3, 0.4) is 0 Å². The molecule has 5 nitrogen and oxygen atoms in total. The van der Waals surface area contributed by atoms with Crippen molar-refractivity contribution in [3.8, 4) is 11.5 Å². The van der Waals surface area contributed by atoms with Gasteiger partial charge in [0.05, 0.1) is 20.8 Å². The SMILES string of the molecule is COc1ccc(N(C)C2=NCCN2)cc1OC. The molecule has 0 unspecified atom stereocenters. The van der Waals surface area contributed by atoms with Gasteiger partial charge in [-0.1, -0.05) is 0 Å². The molecule has 92 valence electrons. The number of aliphatic imine (C=N–C) groups is 1. The molecule has 2 rings (SSSR count). The van der Waals surface area contributed by atoms with Gasteiger partial charge in [-0.3, -0.25) is 4.99 Å². The maximum atomic E-state index is 5.28. The van der Waals surface area contributed by atoms with Crippen LogP contribution in [0, 0.1) is 0 Å². The van der Waals surface area contributed by atoms with Gasteiger partial charge in [0.25, 0.3) is 0 Å². The highest BCUT2D eigenvalue weighted by atomic mass is 16.5. The molecule has 1 aliphatic heterocycles. The van der Waals surface area contributed by atoms with Gasteiger partial charge in [-0.15, -0.1) is 0 Å². The van der Waals surface area contributed by atoms with Crippen molar-refractivity contribution in [2.45, 2.75) is 0 Å². The Hall–Kier alpha value is -1.91. The number of guanidine groups is 1. The summed E-state index contributed by atoms with van der Waals surface area (Å²) >= 11 is 0. The van der Waals surface area contributed by atoms with Crippen LogP contribution in [0.2, 0.25) is 0 Å². The molecule has 0 aromatic heterocycles. The Kier molecular flexibility index (Phi) is 3.37. The third-order valence-corrected chi connectivity index (χ3v) is 2.73. The van der Waals surface area contributed by atoms with Crippen molar-refractivity contribution in [3.05, 3.63) is 18.2 Å². The highest BCUT2D eigenvalue weighted by Gasteiger charge is 2.14. The number of nitrogens with one attached hydrogen (secondary N) is 1. The first-order valence-corrected chi connectivity index (χ1v) is 5.50. The molecule has 5 heteroatoms. The second-order valence-electron chi connectivity index (χ2n) is 3.73. The Balaban J connectivity index is 2.26. The fourth-order valence-electron chi connectivity index (χ4n) is 1.77. The predicted molar refractivity (Wildman–Crippen MR) is 68.3 cm³/mol. The summed E-state index contributed by atoms with van der Waals surface area (Å²) in [5.41, 5.74) is 1.01. The van der Waals surface area contributed by atoms with Gasteiger partial charge in [-0.25, -0.2) is 0 Å². The summed E-state index contributed by atoms with van der Waals surface area (Å²) in [6.07, 6.45) is 0. The summed E-state index contributed by atoms with van der Waals surface area (Å²) in [7, 11) is 5.23. The van der Waals surface area contributed by atoms with Crippen molar-refractivity contribution in [2.75, 3.05) is 39.3 Å². The summed E-state index contributed by atoms with van der Waals surface area (Å²) in [4.78, 5) is 6.36. The normalized spacial score (nSPS) is 13.9. The Bertz CT molecular complexity index is 432. The minimum Gasteiger partial charge on any atom is -0.493 e. The zero-order valence-corrected chi connectivity index (χ0v) is 10.4. The predicted octanol–water partition coefficient (Wildman–Crippen LogP) is 1.10. The quantitative estimate of drug-likeness (QED) is 0.852. The number of methoxy groups -OCH3 is 2. The maximum absolute atomic E-state index is 5.28. The molecule has 0 radical (unpaired) electrons. The van der Waals surface area contributed by atoms with Gasteiger partial charge in [-0.2, -0.15) is 0 Å². The average molecular weight is 235 g/mol. The molecule has 0 aliphatic carbocycles. The second-order valence-corrected chi connectivity index (χ2v) is 3.73. The molecule has 0 saturated carbocycles. The molecule has 1 aromatic carbocycles. The van der Waals surface area contributed by atoms with Gasteiger partial charge in [-0.05, 0) is 12.1 Å². The molecule has 0 saturated heterocycles. The molecular weight excluding hydrogens is 218 g/mol. The lowest BCUT2D eigenvalue weighted by Gasteiger charge is -2.20. The highest BCUT2D eigenvalue weighted by Crippen LogP contribution is 2.31. The van der Waals surface area contributed by atoms with Crippen LogP contribution >= 0.6 is 0 Å². The van der Waals surface area contributed by atoms with E-state index in [2.05, 4.69) is 10.3 Å². The van der Waals surface area contributed by atoms with Crippen molar-refractivity contribution in [1.82, 2.24) is 5.32 Å². The van der Waals surface area contributed by atoms with E-state index in [9.17, 15) is 0 Å². The first kappa shape index (κ1) is 11.6. The summed E-state index contributed by atoms with van der Waals surface area (Å²) in [6, 6.07) is 5.80. The topological polar surface area (TPSA) is 46.1 Å². The lowest BCUT2D eigenvalue weighted by atomic mass is 10.2. The standard InChI is InChI=1S/C12H17N3O2/c1-15(12-13-6-7-14-12)9-4-5-10(16-2)11(8-9)17-3/h4-5,8H,6-7H2,1-3H3,(H,13,14). The van der Waals surface area contributed by atoms with E-state index in [1.54, 1.807) is 14.2 Å². The number of hydrogen-bond acceptors (Lipinski definition) is 5. The van der Waals surface area contributed by atoms with Gasteiger partial charge in [0.1, 0.15) is 0 Å². The molecule has 1 aromatic rings. The monoisotopic (exact) mass is 235 g/mol. The fourth-order valence-corrected chi connectivity index (χ4v) is 1.77. The van der Waals surface area contributed by atoms with Crippen LogP contribution in [-0.4, -0.2) is 40.3 Å². The van der Waals surface area contributed by atoms with Crippen LogP contribution in [0.1, 0.15) is 0 Å². The molecule has 0 amide bonds. The fraction of sp³-hybridized carbons (Fsp3) is 0.417. The van der Waals surface area contributed by atoms with Gasteiger partial charge in [0.2, 0.25) is 0 Å². The lowest BCUT2D eigenvalue weighted by molar-refractivity contribution is 0.355. The molecule has 17 heavy (non-hydrogen) atoms. The van der Waals surface area contributed by atoms with Gasteiger partial charge < -0.3 is 19.7 Å². The second kappa shape index (κ2) is 4.95. The first-order chi connectivity index (χ1) is 8.26. The Morgan fingerprint density at radius 1 is 1.24 bits per heavy atom. The van der Waals surface area contributed by atoms with E-state index in [0.29, 0.717) is 0 Å². The number of rotatable bonds is 3. The summed E-state index contributed by atoms with van der Waals surface area (Å²) in [6.45, 7) is 1.72. The highest BCUT2D eigenvalue weighted by molar-refractivity contribution is 5.96. The van der Waals surface area contributed by atoms with Gasteiger partial charge >= 0.3 is 0 Å². The van der Waals surface area contributed by atoms with Crippen LogP contribution in [0.25, 0.3) is 0 Å². The molecule has 1 heterocycles. The smallest absolute Gasteiger partial charge is 0.198 e. The third kappa shape index (κ3) is 2.27. The zero-order valence-electron chi connectivity index (χ0n) is 10.4. The van der Waals surface area contributed by atoms with Crippen LogP contribution in [-0.2, 0) is 0 Å². The molecule has 0 fully saturated rings. The van der Waals surface area contributed by atoms with Crippen LogP contribution < -0.4 is 19.7 Å². The van der Waals surface area contributed by atoms with Crippen molar-refractivity contribution >= 4 is 11.6 Å². The van der Waals surface area contributed by atoms with Crippen LogP contribution in [0.4, 0.5) is 5.69 Å². The minimum absolute atomic E-state index is 0.718. The maximum Gasteiger partial charge on any atom is 0.198 e. The minimum atomic E-state index is 0.718. The number of hydrogen-bond donors (Lipinski definition) is 1. The van der Waals surface area contributed by atoms with Gasteiger partial charge in [0, 0.05) is 25.3 Å². The van der Waals surface area contributed by atoms with Crippen molar-refractivity contribution in [3.63, 3.8) is 0 Å². The Morgan fingerprint density at radius 3 is 2.59 bits per heavy atom. The lowest BCUT2D eigenvalue weighted by Crippen LogP contribution is -2.35. The molecule has 1 N–H and O–H groups in total. The Morgan fingerprint density at radius 2 is 2.00 bits per heavy atom. The van der Waals surface area contributed by atoms with E-state index in [4.69, 9.17) is 9.47 Å². The van der Waals surface area contributed by atoms with Crippen LogP contribution in [0.5, 0.6) is 11.5 Å². The van der Waals surface area contributed by atoms with Crippen molar-refractivity contribution in [2.24, 2.45) is 4.99 Å².